The minimum absolute atomic E-state index is 0.125. The molecule has 3 N–H and O–H groups in total. The van der Waals surface area contributed by atoms with Crippen molar-refractivity contribution in [3.63, 3.8) is 0 Å². The number of nitrogens with two attached hydrogens (primary N) is 1. The van der Waals surface area contributed by atoms with Crippen LogP contribution in [0.4, 0.5) is 37.8 Å². The molecule has 13 heteroatoms. The molecular weight excluding hydrogens is 598 g/mol. The Hall–Kier alpha value is -4.45. The van der Waals surface area contributed by atoms with Crippen molar-refractivity contribution in [1.29, 1.82) is 0 Å². The fourth-order valence-electron chi connectivity index (χ4n) is 3.23. The van der Waals surface area contributed by atoms with Crippen LogP contribution in [0.1, 0.15) is 54.2 Å². The summed E-state index contributed by atoms with van der Waals surface area (Å²) in [6, 6.07) is 13.9. The molecule has 0 aliphatic rings. The lowest BCUT2D eigenvalue weighted by atomic mass is 10.1. The Kier molecular flexibility index (Phi) is 11.8. The number of hydrogen-bond donors (Lipinski definition) is 2. The Labute approximate surface area is 248 Å². The highest BCUT2D eigenvalue weighted by molar-refractivity contribution is 6.67. The summed E-state index contributed by atoms with van der Waals surface area (Å²) in [6.45, 7) is 7.76. The molecular formula is C30H27ClF6N4O2. The molecule has 43 heavy (non-hydrogen) atoms. The molecule has 0 bridgehead atoms. The van der Waals surface area contributed by atoms with Gasteiger partial charge >= 0.3 is 12.4 Å². The first-order valence-corrected chi connectivity index (χ1v) is 12.7. The van der Waals surface area contributed by atoms with Crippen LogP contribution in [0.25, 0.3) is 0 Å². The van der Waals surface area contributed by atoms with Gasteiger partial charge in [0.15, 0.2) is 0 Å². The molecule has 4 rings (SSSR count). The van der Waals surface area contributed by atoms with Crippen LogP contribution in [0.5, 0.6) is 0 Å². The van der Waals surface area contributed by atoms with Gasteiger partial charge in [-0.25, -0.2) is 4.98 Å². The number of amides is 1. The van der Waals surface area contributed by atoms with Crippen molar-refractivity contribution >= 4 is 34.3 Å². The van der Waals surface area contributed by atoms with Gasteiger partial charge in [0, 0.05) is 23.6 Å². The number of aryl methyl sites for hydroxylation is 4. The lowest BCUT2D eigenvalue weighted by Crippen LogP contribution is -2.15. The number of anilines is 2. The summed E-state index contributed by atoms with van der Waals surface area (Å²) in [5, 5.41) is 2.14. The van der Waals surface area contributed by atoms with Crippen LogP contribution in [0.15, 0.2) is 73.1 Å². The molecule has 4 aromatic rings. The predicted molar refractivity (Wildman–Crippen MR) is 153 cm³/mol. The average molecular weight is 625 g/mol. The number of nitrogen functional groups attached to an aromatic ring is 1. The zero-order valence-electron chi connectivity index (χ0n) is 23.4. The summed E-state index contributed by atoms with van der Waals surface area (Å²) < 4.78 is 73.4. The minimum atomic E-state index is -4.50. The third-order valence-corrected chi connectivity index (χ3v) is 6.15. The SMILES string of the molecule is Cc1ccc(C(=O)Cl)cc1C.Cc1ccc(NC(=O)c2cc(C(F)(F)F)ccn2)cc1C.Nc1cc(C(F)(F)F)ccn1. The molecule has 1 amide bonds. The number of alkyl halides is 6. The second-order valence-corrected chi connectivity index (χ2v) is 9.56. The van der Waals surface area contributed by atoms with Crippen LogP contribution in [-0.4, -0.2) is 21.1 Å². The summed E-state index contributed by atoms with van der Waals surface area (Å²) in [4.78, 5) is 29.7. The Morgan fingerprint density at radius 3 is 1.67 bits per heavy atom. The third kappa shape index (κ3) is 11.0. The van der Waals surface area contributed by atoms with Crippen LogP contribution >= 0.6 is 11.6 Å². The summed E-state index contributed by atoms with van der Waals surface area (Å²) in [5.74, 6) is -0.802. The van der Waals surface area contributed by atoms with E-state index >= 15 is 0 Å². The van der Waals surface area contributed by atoms with E-state index in [1.54, 1.807) is 24.3 Å². The van der Waals surface area contributed by atoms with Crippen molar-refractivity contribution < 1.29 is 35.9 Å². The highest BCUT2D eigenvalue weighted by Gasteiger charge is 2.31. The monoisotopic (exact) mass is 624 g/mol. The maximum Gasteiger partial charge on any atom is 0.416 e. The van der Waals surface area contributed by atoms with Gasteiger partial charge in [0.2, 0.25) is 0 Å². The van der Waals surface area contributed by atoms with Crippen LogP contribution in [-0.2, 0) is 12.4 Å². The van der Waals surface area contributed by atoms with Gasteiger partial charge in [0.1, 0.15) is 11.5 Å². The maximum absolute atomic E-state index is 12.6. The molecule has 0 radical (unpaired) electrons. The molecule has 0 saturated carbocycles. The second kappa shape index (κ2) is 14.6. The number of carbonyl (C=O) groups excluding carboxylic acids is 2. The molecule has 0 saturated heterocycles. The highest BCUT2D eigenvalue weighted by atomic mass is 35.5. The van der Waals surface area contributed by atoms with Crippen molar-refractivity contribution in [3.8, 4) is 0 Å². The first-order valence-electron chi connectivity index (χ1n) is 12.4. The van der Waals surface area contributed by atoms with E-state index in [1.165, 1.54) is 5.56 Å². The highest BCUT2D eigenvalue weighted by Crippen LogP contribution is 2.30. The number of hydrogen-bond acceptors (Lipinski definition) is 5. The Morgan fingerprint density at radius 1 is 0.698 bits per heavy atom. The summed E-state index contributed by atoms with van der Waals surface area (Å²) in [7, 11) is 0. The zero-order valence-corrected chi connectivity index (χ0v) is 24.1. The van der Waals surface area contributed by atoms with E-state index in [0.717, 1.165) is 53.3 Å². The second-order valence-electron chi connectivity index (χ2n) is 9.22. The van der Waals surface area contributed by atoms with E-state index in [9.17, 15) is 35.9 Å². The first kappa shape index (κ1) is 34.7. The van der Waals surface area contributed by atoms with E-state index in [1.807, 2.05) is 39.8 Å². The van der Waals surface area contributed by atoms with Gasteiger partial charge in [-0.3, -0.25) is 14.6 Å². The standard InChI is InChI=1S/C15H13F3N2O.C9H9ClO.C6H5F3N2/c1-9-3-4-12(7-10(9)2)20-14(21)13-8-11(5-6-19-13)15(16,17)18;1-6-3-4-8(9(10)11)5-7(6)2;7-6(8,9)4-1-2-11-5(10)3-4/h3-8H,1-2H3,(H,20,21);3-5H,1-2H3;1-3H,(H2,10,11). The number of pyridine rings is 2. The Balaban J connectivity index is 0.000000247. The number of nitrogens with one attached hydrogen (secondary N) is 1. The molecule has 0 aliphatic heterocycles. The lowest BCUT2D eigenvalue weighted by Gasteiger charge is -2.09. The van der Waals surface area contributed by atoms with Crippen molar-refractivity contribution in [2.24, 2.45) is 0 Å². The van der Waals surface area contributed by atoms with E-state index < -0.39 is 34.6 Å². The van der Waals surface area contributed by atoms with Crippen LogP contribution < -0.4 is 11.1 Å². The molecule has 6 nitrogen and oxygen atoms in total. The summed E-state index contributed by atoms with van der Waals surface area (Å²) in [6.07, 6.45) is -6.84. The summed E-state index contributed by atoms with van der Waals surface area (Å²) >= 11 is 5.29. The Morgan fingerprint density at radius 2 is 1.21 bits per heavy atom. The predicted octanol–water partition coefficient (Wildman–Crippen LogP) is 8.33. The van der Waals surface area contributed by atoms with Crippen molar-refractivity contribution in [2.45, 2.75) is 40.0 Å². The third-order valence-electron chi connectivity index (χ3n) is 5.93. The largest absolute Gasteiger partial charge is 0.416 e. The number of halogens is 7. The van der Waals surface area contributed by atoms with E-state index in [-0.39, 0.29) is 11.5 Å². The van der Waals surface area contributed by atoms with Gasteiger partial charge in [-0.05, 0) is 110 Å². The number of aromatic nitrogens is 2. The van der Waals surface area contributed by atoms with Gasteiger partial charge in [0.25, 0.3) is 11.1 Å². The number of rotatable bonds is 3. The normalized spacial score (nSPS) is 11.0. The molecule has 2 heterocycles. The molecule has 2 aromatic heterocycles. The van der Waals surface area contributed by atoms with Crippen molar-refractivity contribution in [2.75, 3.05) is 11.1 Å². The number of nitrogens with zero attached hydrogens (tertiary/aromatic N) is 2. The van der Waals surface area contributed by atoms with Gasteiger partial charge in [-0.2, -0.15) is 26.3 Å². The van der Waals surface area contributed by atoms with Crippen LogP contribution in [0.2, 0.25) is 0 Å². The first-order chi connectivity index (χ1) is 19.9. The number of benzene rings is 2. The molecule has 2 aromatic carbocycles. The quantitative estimate of drug-likeness (QED) is 0.176. The van der Waals surface area contributed by atoms with Gasteiger partial charge < -0.3 is 11.1 Å². The smallest absolute Gasteiger partial charge is 0.384 e. The van der Waals surface area contributed by atoms with Gasteiger partial charge in [0.05, 0.1) is 11.1 Å². The minimum Gasteiger partial charge on any atom is -0.384 e. The molecule has 228 valence electrons. The van der Waals surface area contributed by atoms with Crippen molar-refractivity contribution in [1.82, 2.24) is 9.97 Å². The van der Waals surface area contributed by atoms with E-state index in [4.69, 9.17) is 17.3 Å². The average Bonchev–Trinajstić information content (AvgIpc) is 2.92. The van der Waals surface area contributed by atoms with Crippen LogP contribution in [0, 0.1) is 27.7 Å². The van der Waals surface area contributed by atoms with Crippen LogP contribution in [0.3, 0.4) is 0 Å². The number of carbonyl (C=O) groups is 2. The van der Waals surface area contributed by atoms with E-state index in [0.29, 0.717) is 11.3 Å². The molecule has 0 aliphatic carbocycles. The van der Waals surface area contributed by atoms with Gasteiger partial charge in [-0.15, -0.1) is 0 Å². The molecule has 0 unspecified atom stereocenters. The van der Waals surface area contributed by atoms with Gasteiger partial charge in [-0.1, -0.05) is 12.1 Å². The Bertz CT molecular complexity index is 1590. The fraction of sp³-hybridized carbons (Fsp3) is 0.200. The summed E-state index contributed by atoms with van der Waals surface area (Å²) in [5.41, 5.74) is 8.48. The van der Waals surface area contributed by atoms with E-state index in [2.05, 4.69) is 15.3 Å². The molecule has 0 fully saturated rings. The topological polar surface area (TPSA) is 98.0 Å². The molecule has 0 atom stereocenters. The van der Waals surface area contributed by atoms with Crippen molar-refractivity contribution in [3.05, 3.63) is 118 Å². The molecule has 0 spiro atoms. The fourth-order valence-corrected chi connectivity index (χ4v) is 3.35. The maximum atomic E-state index is 12.6. The zero-order chi connectivity index (χ0) is 32.5. The lowest BCUT2D eigenvalue weighted by molar-refractivity contribution is -0.138.